The Labute approximate surface area is 123 Å². The van der Waals surface area contributed by atoms with Crippen LogP contribution < -0.4 is 5.32 Å². The number of piperazine rings is 1. The zero-order chi connectivity index (χ0) is 12.5. The first-order valence-electron chi connectivity index (χ1n) is 6.24. The standard InChI is InChI=1S/C14H16N2OS.ClH/c1-10-9-15-5-6-16(10)14(17)12-2-3-13-11(8-12)4-7-18-13;/h2-4,7-8,10,15H,5-6,9H2,1H3;1H/t10-;/m1./s1. The number of amides is 1. The predicted molar refractivity (Wildman–Crippen MR) is 82.4 cm³/mol. The molecule has 1 saturated heterocycles. The summed E-state index contributed by atoms with van der Waals surface area (Å²) in [5.41, 5.74) is 0.801. The molecule has 1 amide bonds. The Balaban J connectivity index is 0.00000133. The van der Waals surface area contributed by atoms with Crippen molar-refractivity contribution in [3.8, 4) is 0 Å². The van der Waals surface area contributed by atoms with E-state index in [2.05, 4.69) is 23.7 Å². The van der Waals surface area contributed by atoms with E-state index < -0.39 is 0 Å². The molecule has 19 heavy (non-hydrogen) atoms. The largest absolute Gasteiger partial charge is 0.333 e. The van der Waals surface area contributed by atoms with Gasteiger partial charge in [-0.15, -0.1) is 23.7 Å². The molecular formula is C14H17ClN2OS. The molecule has 1 aromatic heterocycles. The lowest BCUT2D eigenvalue weighted by molar-refractivity contribution is 0.0656. The van der Waals surface area contributed by atoms with Crippen molar-refractivity contribution in [1.82, 2.24) is 10.2 Å². The fourth-order valence-electron chi connectivity index (χ4n) is 2.41. The second-order valence-corrected chi connectivity index (χ2v) is 5.67. The topological polar surface area (TPSA) is 32.3 Å². The molecule has 0 spiro atoms. The highest BCUT2D eigenvalue weighted by atomic mass is 35.5. The van der Waals surface area contributed by atoms with Crippen molar-refractivity contribution in [1.29, 1.82) is 0 Å². The van der Waals surface area contributed by atoms with Crippen molar-refractivity contribution in [3.05, 3.63) is 35.2 Å². The van der Waals surface area contributed by atoms with Crippen LogP contribution in [0.5, 0.6) is 0 Å². The molecule has 0 bridgehead atoms. The quantitative estimate of drug-likeness (QED) is 0.877. The maximum absolute atomic E-state index is 12.5. The van der Waals surface area contributed by atoms with E-state index in [1.54, 1.807) is 11.3 Å². The Morgan fingerprint density at radius 1 is 1.42 bits per heavy atom. The number of fused-ring (bicyclic) bond motifs is 1. The zero-order valence-electron chi connectivity index (χ0n) is 10.8. The van der Waals surface area contributed by atoms with Crippen LogP contribution in [0.25, 0.3) is 10.1 Å². The molecular weight excluding hydrogens is 280 g/mol. The van der Waals surface area contributed by atoms with E-state index >= 15 is 0 Å². The molecule has 2 aromatic rings. The van der Waals surface area contributed by atoms with E-state index in [9.17, 15) is 4.79 Å². The number of rotatable bonds is 1. The molecule has 0 aliphatic carbocycles. The fraction of sp³-hybridized carbons (Fsp3) is 0.357. The number of nitrogens with zero attached hydrogens (tertiary/aromatic N) is 1. The molecule has 5 heteroatoms. The first-order chi connectivity index (χ1) is 8.75. The molecule has 1 aliphatic rings. The summed E-state index contributed by atoms with van der Waals surface area (Å²) >= 11 is 1.71. The smallest absolute Gasteiger partial charge is 0.254 e. The second kappa shape index (κ2) is 5.90. The van der Waals surface area contributed by atoms with Crippen molar-refractivity contribution >= 4 is 39.7 Å². The van der Waals surface area contributed by atoms with Crippen LogP contribution in [0.2, 0.25) is 0 Å². The lowest BCUT2D eigenvalue weighted by atomic mass is 10.1. The monoisotopic (exact) mass is 296 g/mol. The molecule has 0 unspecified atom stereocenters. The first kappa shape index (κ1) is 14.3. The number of benzene rings is 1. The van der Waals surface area contributed by atoms with Crippen LogP contribution in [0, 0.1) is 0 Å². The lowest BCUT2D eigenvalue weighted by Gasteiger charge is -2.34. The minimum atomic E-state index is 0. The van der Waals surface area contributed by atoms with Crippen LogP contribution in [-0.4, -0.2) is 36.5 Å². The van der Waals surface area contributed by atoms with E-state index in [1.165, 1.54) is 4.70 Å². The summed E-state index contributed by atoms with van der Waals surface area (Å²) in [6, 6.07) is 8.32. The highest BCUT2D eigenvalue weighted by Gasteiger charge is 2.23. The lowest BCUT2D eigenvalue weighted by Crippen LogP contribution is -2.52. The summed E-state index contributed by atoms with van der Waals surface area (Å²) in [6.45, 7) is 4.65. The number of carbonyl (C=O) groups is 1. The van der Waals surface area contributed by atoms with Gasteiger partial charge in [-0.1, -0.05) is 0 Å². The van der Waals surface area contributed by atoms with Gasteiger partial charge in [-0.05, 0) is 42.0 Å². The van der Waals surface area contributed by atoms with Crippen molar-refractivity contribution < 1.29 is 4.79 Å². The van der Waals surface area contributed by atoms with Crippen LogP contribution in [-0.2, 0) is 0 Å². The molecule has 1 atom stereocenters. The van der Waals surface area contributed by atoms with Gasteiger partial charge in [0.2, 0.25) is 0 Å². The SMILES string of the molecule is C[C@@H]1CNCCN1C(=O)c1ccc2sccc2c1.Cl. The molecule has 1 aliphatic heterocycles. The Kier molecular flexibility index (Phi) is 4.45. The third-order valence-corrected chi connectivity index (χ3v) is 4.36. The van der Waals surface area contributed by atoms with Crippen LogP contribution in [0.15, 0.2) is 29.6 Å². The van der Waals surface area contributed by atoms with Crippen LogP contribution in [0.1, 0.15) is 17.3 Å². The summed E-state index contributed by atoms with van der Waals surface area (Å²) in [5, 5.41) is 6.53. The average molecular weight is 297 g/mol. The minimum Gasteiger partial charge on any atom is -0.333 e. The van der Waals surface area contributed by atoms with E-state index in [0.717, 1.165) is 30.6 Å². The first-order valence-corrected chi connectivity index (χ1v) is 7.12. The Morgan fingerprint density at radius 3 is 3.05 bits per heavy atom. The molecule has 102 valence electrons. The van der Waals surface area contributed by atoms with Gasteiger partial charge in [0.05, 0.1) is 0 Å². The Bertz CT molecular complexity index is 584. The maximum atomic E-state index is 12.5. The maximum Gasteiger partial charge on any atom is 0.254 e. The molecule has 1 fully saturated rings. The van der Waals surface area contributed by atoms with Crippen LogP contribution in [0.3, 0.4) is 0 Å². The molecule has 3 nitrogen and oxygen atoms in total. The van der Waals surface area contributed by atoms with E-state index in [0.29, 0.717) is 0 Å². The molecule has 2 heterocycles. The number of hydrogen-bond acceptors (Lipinski definition) is 3. The zero-order valence-corrected chi connectivity index (χ0v) is 12.4. The third kappa shape index (κ3) is 2.76. The normalized spacial score (nSPS) is 19.2. The van der Waals surface area contributed by atoms with Gasteiger partial charge in [0.25, 0.3) is 5.91 Å². The van der Waals surface area contributed by atoms with Crippen LogP contribution >= 0.6 is 23.7 Å². The van der Waals surface area contributed by atoms with Gasteiger partial charge in [0, 0.05) is 35.9 Å². The minimum absolute atomic E-state index is 0. The number of hydrogen-bond donors (Lipinski definition) is 1. The number of halogens is 1. The van der Waals surface area contributed by atoms with Gasteiger partial charge in [-0.2, -0.15) is 0 Å². The molecule has 0 saturated carbocycles. The predicted octanol–water partition coefficient (Wildman–Crippen LogP) is 2.76. The molecule has 1 aromatic carbocycles. The third-order valence-electron chi connectivity index (χ3n) is 3.46. The number of carbonyl (C=O) groups excluding carboxylic acids is 1. The number of thiophene rings is 1. The van der Waals surface area contributed by atoms with Gasteiger partial charge >= 0.3 is 0 Å². The summed E-state index contributed by atoms with van der Waals surface area (Å²) < 4.78 is 1.24. The van der Waals surface area contributed by atoms with Crippen molar-refractivity contribution in [3.63, 3.8) is 0 Å². The van der Waals surface area contributed by atoms with E-state index in [4.69, 9.17) is 0 Å². The van der Waals surface area contributed by atoms with Crippen molar-refractivity contribution in [2.45, 2.75) is 13.0 Å². The summed E-state index contributed by atoms with van der Waals surface area (Å²) in [4.78, 5) is 14.4. The molecule has 1 N–H and O–H groups in total. The molecule has 0 radical (unpaired) electrons. The van der Waals surface area contributed by atoms with E-state index in [-0.39, 0.29) is 24.4 Å². The summed E-state index contributed by atoms with van der Waals surface area (Å²) in [5.74, 6) is 0.150. The highest BCUT2D eigenvalue weighted by Crippen LogP contribution is 2.22. The van der Waals surface area contributed by atoms with Gasteiger partial charge in [-0.25, -0.2) is 0 Å². The summed E-state index contributed by atoms with van der Waals surface area (Å²) in [6.07, 6.45) is 0. The van der Waals surface area contributed by atoms with Gasteiger partial charge in [0.1, 0.15) is 0 Å². The average Bonchev–Trinajstić information content (AvgIpc) is 2.85. The van der Waals surface area contributed by atoms with Gasteiger partial charge < -0.3 is 10.2 Å². The van der Waals surface area contributed by atoms with Crippen LogP contribution in [0.4, 0.5) is 0 Å². The van der Waals surface area contributed by atoms with Crippen molar-refractivity contribution in [2.75, 3.05) is 19.6 Å². The van der Waals surface area contributed by atoms with Crippen molar-refractivity contribution in [2.24, 2.45) is 0 Å². The Hall–Kier alpha value is -1.10. The van der Waals surface area contributed by atoms with Gasteiger partial charge in [-0.3, -0.25) is 4.79 Å². The number of nitrogens with one attached hydrogen (secondary N) is 1. The van der Waals surface area contributed by atoms with E-state index in [1.807, 2.05) is 23.1 Å². The molecule has 3 rings (SSSR count). The second-order valence-electron chi connectivity index (χ2n) is 4.72. The highest BCUT2D eigenvalue weighted by molar-refractivity contribution is 7.17. The Morgan fingerprint density at radius 2 is 2.26 bits per heavy atom. The summed E-state index contributed by atoms with van der Waals surface area (Å²) in [7, 11) is 0. The fourth-order valence-corrected chi connectivity index (χ4v) is 3.18. The van der Waals surface area contributed by atoms with Gasteiger partial charge in [0.15, 0.2) is 0 Å².